The molecule has 5 rings (SSSR count). The Morgan fingerprint density at radius 1 is 0.906 bits per heavy atom. The topological polar surface area (TPSA) is 54.3 Å². The summed E-state index contributed by atoms with van der Waals surface area (Å²) in [6.07, 6.45) is 0. The molecule has 0 saturated heterocycles. The van der Waals surface area contributed by atoms with E-state index < -0.39 is 5.91 Å². The zero-order valence-corrected chi connectivity index (χ0v) is 19.2. The number of amides is 1. The van der Waals surface area contributed by atoms with Crippen molar-refractivity contribution in [3.63, 3.8) is 0 Å². The molecule has 2 N–H and O–H groups in total. The number of hydroxylamine groups is 1. The van der Waals surface area contributed by atoms with E-state index in [2.05, 4.69) is 44.8 Å². The summed E-state index contributed by atoms with van der Waals surface area (Å²) >= 11 is 9.63. The van der Waals surface area contributed by atoms with Crippen molar-refractivity contribution in [2.75, 3.05) is 0 Å². The number of para-hydroxylation sites is 1. The van der Waals surface area contributed by atoms with Crippen LogP contribution in [0.1, 0.15) is 15.9 Å². The molecule has 0 atom stereocenters. The van der Waals surface area contributed by atoms with Crippen molar-refractivity contribution in [1.29, 1.82) is 0 Å². The lowest BCUT2D eigenvalue weighted by Crippen LogP contribution is -2.19. The van der Waals surface area contributed by atoms with Gasteiger partial charge in [0.2, 0.25) is 0 Å². The van der Waals surface area contributed by atoms with E-state index in [1.54, 1.807) is 0 Å². The Kier molecular flexibility index (Phi) is 5.47. The zero-order valence-electron chi connectivity index (χ0n) is 16.8. The lowest BCUT2D eigenvalue weighted by Gasteiger charge is -2.11. The Labute approximate surface area is 198 Å². The second-order valence-corrected chi connectivity index (χ2v) is 8.95. The molecule has 1 amide bonds. The number of nitrogens with one attached hydrogen (secondary N) is 1. The minimum Gasteiger partial charge on any atom is -0.336 e. The highest BCUT2D eigenvalue weighted by Crippen LogP contribution is 2.36. The number of carbonyl (C=O) groups excluding carboxylic acids is 1. The first-order valence-electron chi connectivity index (χ1n) is 10.0. The third-order valence-corrected chi connectivity index (χ3v) is 6.37. The van der Waals surface area contributed by atoms with Gasteiger partial charge in [0, 0.05) is 32.3 Å². The van der Waals surface area contributed by atoms with E-state index in [-0.39, 0.29) is 0 Å². The molecule has 5 aromatic rings. The van der Waals surface area contributed by atoms with E-state index in [0.717, 1.165) is 43.0 Å². The molecule has 158 valence electrons. The quantitative estimate of drug-likeness (QED) is 0.203. The molecule has 0 fully saturated rings. The highest BCUT2D eigenvalue weighted by Gasteiger charge is 2.20. The fourth-order valence-corrected chi connectivity index (χ4v) is 4.78. The fraction of sp³-hybridized carbons (Fsp3) is 0.0385. The average molecular weight is 506 g/mol. The van der Waals surface area contributed by atoms with Crippen LogP contribution in [0.4, 0.5) is 0 Å². The van der Waals surface area contributed by atoms with E-state index in [1.165, 1.54) is 0 Å². The number of benzene rings is 4. The van der Waals surface area contributed by atoms with Gasteiger partial charge in [-0.15, -0.1) is 0 Å². The minimum atomic E-state index is -0.545. The molecule has 0 bridgehead atoms. The molecular weight excluding hydrogens is 488 g/mol. The first-order chi connectivity index (χ1) is 15.5. The highest BCUT2D eigenvalue weighted by molar-refractivity contribution is 9.10. The number of aromatic nitrogens is 1. The molecule has 0 aliphatic heterocycles. The number of carbonyl (C=O) groups is 1. The minimum absolute atomic E-state index is 0.416. The summed E-state index contributed by atoms with van der Waals surface area (Å²) in [6.45, 7) is 0.633. The Bertz CT molecular complexity index is 1480. The number of fused-ring (bicyclic) bond motifs is 3. The van der Waals surface area contributed by atoms with E-state index in [1.807, 2.05) is 66.1 Å². The lowest BCUT2D eigenvalue weighted by atomic mass is 9.98. The van der Waals surface area contributed by atoms with Gasteiger partial charge in [-0.25, -0.2) is 5.48 Å². The van der Waals surface area contributed by atoms with Crippen molar-refractivity contribution < 1.29 is 10.0 Å². The molecule has 0 aliphatic carbocycles. The maximum atomic E-state index is 12.7. The molecular formula is C26H18BrClN2O2. The van der Waals surface area contributed by atoms with Crippen LogP contribution < -0.4 is 5.48 Å². The van der Waals surface area contributed by atoms with Crippen molar-refractivity contribution in [2.24, 2.45) is 0 Å². The van der Waals surface area contributed by atoms with Gasteiger partial charge in [0.05, 0.1) is 11.1 Å². The predicted molar refractivity (Wildman–Crippen MR) is 132 cm³/mol. The number of halogens is 2. The molecule has 1 heterocycles. The fourth-order valence-electron chi connectivity index (χ4n) is 4.21. The summed E-state index contributed by atoms with van der Waals surface area (Å²) in [6, 6.07) is 27.6. The first-order valence-corrected chi connectivity index (χ1v) is 11.2. The maximum Gasteiger partial charge on any atom is 0.275 e. The van der Waals surface area contributed by atoms with Crippen molar-refractivity contribution in [1.82, 2.24) is 10.0 Å². The molecule has 0 aliphatic rings. The second-order valence-electron chi connectivity index (χ2n) is 7.60. The zero-order chi connectivity index (χ0) is 22.2. The monoisotopic (exact) mass is 504 g/mol. The molecule has 1 aromatic heterocycles. The van der Waals surface area contributed by atoms with E-state index in [0.29, 0.717) is 17.1 Å². The Balaban J connectivity index is 1.84. The summed E-state index contributed by atoms with van der Waals surface area (Å²) in [5.41, 5.74) is 7.09. The molecule has 4 nitrogen and oxygen atoms in total. The summed E-state index contributed by atoms with van der Waals surface area (Å²) in [5, 5.41) is 11.9. The van der Waals surface area contributed by atoms with Crippen LogP contribution in [-0.2, 0) is 6.54 Å². The van der Waals surface area contributed by atoms with Crippen LogP contribution in [0.15, 0.2) is 89.4 Å². The van der Waals surface area contributed by atoms with Gasteiger partial charge < -0.3 is 4.57 Å². The van der Waals surface area contributed by atoms with Gasteiger partial charge in [-0.2, -0.15) is 0 Å². The van der Waals surface area contributed by atoms with Gasteiger partial charge >= 0.3 is 0 Å². The molecule has 0 spiro atoms. The van der Waals surface area contributed by atoms with Gasteiger partial charge in [-0.05, 0) is 59.2 Å². The normalized spacial score (nSPS) is 11.2. The number of hydrogen-bond acceptors (Lipinski definition) is 2. The standard InChI is InChI=1S/C26H18BrClN2O2/c27-19-5-3-4-16(12-19)15-30-23-7-2-1-6-21(23)25-22(26(31)29-32)13-18(14-24(25)30)17-8-10-20(28)11-9-17/h1-14,32H,15H2,(H,29,31). The van der Waals surface area contributed by atoms with Gasteiger partial charge in [0.15, 0.2) is 0 Å². The molecule has 4 aromatic carbocycles. The summed E-state index contributed by atoms with van der Waals surface area (Å²) in [4.78, 5) is 12.7. The van der Waals surface area contributed by atoms with Gasteiger partial charge in [-0.1, -0.05) is 70.0 Å². The number of hydrogen-bond donors (Lipinski definition) is 2. The highest BCUT2D eigenvalue weighted by atomic mass is 79.9. The number of rotatable bonds is 4. The summed E-state index contributed by atoms with van der Waals surface area (Å²) in [7, 11) is 0. The van der Waals surface area contributed by atoms with E-state index >= 15 is 0 Å². The Morgan fingerprint density at radius 2 is 1.69 bits per heavy atom. The second kappa shape index (κ2) is 8.43. The van der Waals surface area contributed by atoms with E-state index in [4.69, 9.17) is 11.6 Å². The van der Waals surface area contributed by atoms with Crippen LogP contribution in [0.3, 0.4) is 0 Å². The van der Waals surface area contributed by atoms with Crippen LogP contribution in [0, 0.1) is 0 Å². The molecule has 0 unspecified atom stereocenters. The van der Waals surface area contributed by atoms with Crippen molar-refractivity contribution in [2.45, 2.75) is 6.54 Å². The number of nitrogens with zero attached hydrogens (tertiary/aromatic N) is 1. The average Bonchev–Trinajstić information content (AvgIpc) is 3.12. The SMILES string of the molecule is O=C(NO)c1cc(-c2ccc(Cl)cc2)cc2c1c1ccccc1n2Cc1cccc(Br)c1. The van der Waals surface area contributed by atoms with Crippen LogP contribution in [0.5, 0.6) is 0 Å². The predicted octanol–water partition coefficient (Wildman–Crippen LogP) is 7.04. The van der Waals surface area contributed by atoms with Crippen LogP contribution in [0.2, 0.25) is 5.02 Å². The molecule has 0 radical (unpaired) electrons. The molecule has 0 saturated carbocycles. The summed E-state index contributed by atoms with van der Waals surface area (Å²) in [5.74, 6) is -0.545. The lowest BCUT2D eigenvalue weighted by molar-refractivity contribution is 0.0708. The third-order valence-electron chi connectivity index (χ3n) is 5.63. The van der Waals surface area contributed by atoms with Gasteiger partial charge in [0.1, 0.15) is 0 Å². The first kappa shape index (κ1) is 20.8. The van der Waals surface area contributed by atoms with E-state index in [9.17, 15) is 10.0 Å². The van der Waals surface area contributed by atoms with Crippen molar-refractivity contribution >= 4 is 55.2 Å². The third kappa shape index (κ3) is 3.69. The van der Waals surface area contributed by atoms with Crippen molar-refractivity contribution in [3.8, 4) is 11.1 Å². The van der Waals surface area contributed by atoms with Crippen LogP contribution in [0.25, 0.3) is 32.9 Å². The molecule has 32 heavy (non-hydrogen) atoms. The summed E-state index contributed by atoms with van der Waals surface area (Å²) < 4.78 is 3.22. The van der Waals surface area contributed by atoms with Gasteiger partial charge in [0.25, 0.3) is 5.91 Å². The Morgan fingerprint density at radius 3 is 2.44 bits per heavy atom. The maximum absolute atomic E-state index is 12.7. The smallest absolute Gasteiger partial charge is 0.275 e. The largest absolute Gasteiger partial charge is 0.336 e. The van der Waals surface area contributed by atoms with Gasteiger partial charge in [-0.3, -0.25) is 10.0 Å². The van der Waals surface area contributed by atoms with Crippen molar-refractivity contribution in [3.05, 3.63) is 106 Å². The van der Waals surface area contributed by atoms with Crippen LogP contribution >= 0.6 is 27.5 Å². The van der Waals surface area contributed by atoms with Crippen LogP contribution in [-0.4, -0.2) is 15.7 Å². The Hall–Kier alpha value is -3.12. The molecule has 6 heteroatoms.